The van der Waals surface area contributed by atoms with Gasteiger partial charge in [0.2, 0.25) is 5.90 Å². The molecule has 22 heavy (non-hydrogen) atoms. The van der Waals surface area contributed by atoms with E-state index in [1.165, 1.54) is 0 Å². The van der Waals surface area contributed by atoms with E-state index in [-0.39, 0.29) is 5.70 Å². The maximum absolute atomic E-state index is 11.9. The minimum absolute atomic E-state index is 0.208. The van der Waals surface area contributed by atoms with Gasteiger partial charge in [-0.05, 0) is 42.8 Å². The molecule has 0 fully saturated rings. The Hall–Kier alpha value is -2.10. The fourth-order valence-corrected chi connectivity index (χ4v) is 2.46. The van der Waals surface area contributed by atoms with Crippen LogP contribution in [0.5, 0.6) is 0 Å². The third-order valence-corrected chi connectivity index (χ3v) is 3.74. The third kappa shape index (κ3) is 3.06. The number of aliphatic imine (C=N–C) groups is 1. The van der Waals surface area contributed by atoms with Crippen molar-refractivity contribution in [1.82, 2.24) is 0 Å². The van der Waals surface area contributed by atoms with Gasteiger partial charge in [0.15, 0.2) is 5.70 Å². The van der Waals surface area contributed by atoms with Gasteiger partial charge >= 0.3 is 5.97 Å². The highest BCUT2D eigenvalue weighted by atomic mass is 35.5. The standard InChI is InChI=1S/C17H11Cl2NO2/c1-10-2-4-11(5-3-10)16-20-15(17(21)22-16)8-12-6-7-13(18)9-14(12)19/h2-9H,1H3/b15-8-. The Morgan fingerprint density at radius 1 is 1.09 bits per heavy atom. The van der Waals surface area contributed by atoms with E-state index < -0.39 is 5.97 Å². The Morgan fingerprint density at radius 2 is 1.82 bits per heavy atom. The molecule has 3 rings (SSSR count). The molecular weight excluding hydrogens is 321 g/mol. The number of halogens is 2. The Kier molecular flexibility index (Phi) is 4.01. The number of rotatable bonds is 2. The van der Waals surface area contributed by atoms with Crippen molar-refractivity contribution in [1.29, 1.82) is 0 Å². The molecule has 0 saturated carbocycles. The van der Waals surface area contributed by atoms with Crippen molar-refractivity contribution in [3.8, 4) is 0 Å². The van der Waals surface area contributed by atoms with Crippen LogP contribution in [0.1, 0.15) is 16.7 Å². The summed E-state index contributed by atoms with van der Waals surface area (Å²) in [5.41, 5.74) is 2.74. The molecule has 2 aromatic carbocycles. The molecule has 110 valence electrons. The summed E-state index contributed by atoms with van der Waals surface area (Å²) in [4.78, 5) is 16.2. The molecular formula is C17H11Cl2NO2. The molecule has 0 unspecified atom stereocenters. The van der Waals surface area contributed by atoms with E-state index in [0.717, 1.165) is 11.1 Å². The number of ether oxygens (including phenoxy) is 1. The number of benzene rings is 2. The zero-order valence-electron chi connectivity index (χ0n) is 11.6. The summed E-state index contributed by atoms with van der Waals surface area (Å²) >= 11 is 12.0. The van der Waals surface area contributed by atoms with Crippen molar-refractivity contribution in [3.63, 3.8) is 0 Å². The second kappa shape index (κ2) is 5.95. The molecule has 0 bridgehead atoms. The Morgan fingerprint density at radius 3 is 2.50 bits per heavy atom. The van der Waals surface area contributed by atoms with Gasteiger partial charge in [-0.3, -0.25) is 0 Å². The largest absolute Gasteiger partial charge is 0.402 e. The molecule has 5 heteroatoms. The van der Waals surface area contributed by atoms with Crippen LogP contribution in [-0.2, 0) is 9.53 Å². The monoisotopic (exact) mass is 331 g/mol. The Balaban J connectivity index is 1.95. The fourth-order valence-electron chi connectivity index (χ4n) is 1.99. The summed E-state index contributed by atoms with van der Waals surface area (Å²) in [7, 11) is 0. The summed E-state index contributed by atoms with van der Waals surface area (Å²) in [6.07, 6.45) is 1.59. The molecule has 0 atom stereocenters. The van der Waals surface area contributed by atoms with Crippen molar-refractivity contribution in [2.45, 2.75) is 6.92 Å². The van der Waals surface area contributed by atoms with Gasteiger partial charge in [-0.2, -0.15) is 0 Å². The van der Waals surface area contributed by atoms with Gasteiger partial charge in [0, 0.05) is 15.6 Å². The normalized spacial score (nSPS) is 15.9. The highest BCUT2D eigenvalue weighted by Crippen LogP contribution is 2.25. The van der Waals surface area contributed by atoms with E-state index in [9.17, 15) is 4.79 Å². The van der Waals surface area contributed by atoms with Crippen molar-refractivity contribution >= 4 is 41.1 Å². The molecule has 3 nitrogen and oxygen atoms in total. The molecule has 1 aliphatic rings. The van der Waals surface area contributed by atoms with Crippen LogP contribution in [0.2, 0.25) is 10.0 Å². The molecule has 0 amide bonds. The molecule has 0 spiro atoms. The number of esters is 1. The predicted molar refractivity (Wildman–Crippen MR) is 88.2 cm³/mol. The topological polar surface area (TPSA) is 38.7 Å². The Labute approximate surface area is 137 Å². The summed E-state index contributed by atoms with van der Waals surface area (Å²) in [6, 6.07) is 12.6. The summed E-state index contributed by atoms with van der Waals surface area (Å²) in [6.45, 7) is 1.99. The first kappa shape index (κ1) is 14.8. The lowest BCUT2D eigenvalue weighted by Crippen LogP contribution is -2.05. The van der Waals surface area contributed by atoms with Crippen molar-refractivity contribution in [2.24, 2.45) is 4.99 Å². The van der Waals surface area contributed by atoms with E-state index in [0.29, 0.717) is 21.5 Å². The van der Waals surface area contributed by atoms with Crippen LogP contribution >= 0.6 is 23.2 Å². The maximum atomic E-state index is 11.9. The molecule has 1 heterocycles. The molecule has 0 aliphatic carbocycles. The number of nitrogens with zero attached hydrogens (tertiary/aromatic N) is 1. The zero-order valence-corrected chi connectivity index (χ0v) is 13.2. The van der Waals surface area contributed by atoms with Crippen molar-refractivity contribution < 1.29 is 9.53 Å². The van der Waals surface area contributed by atoms with E-state index in [1.807, 2.05) is 31.2 Å². The molecule has 0 radical (unpaired) electrons. The van der Waals surface area contributed by atoms with E-state index in [4.69, 9.17) is 27.9 Å². The average Bonchev–Trinajstić information content (AvgIpc) is 2.84. The average molecular weight is 332 g/mol. The van der Waals surface area contributed by atoms with Crippen molar-refractivity contribution in [3.05, 3.63) is 74.9 Å². The predicted octanol–water partition coefficient (Wildman–Crippen LogP) is 4.65. The second-order valence-corrected chi connectivity index (χ2v) is 5.71. The van der Waals surface area contributed by atoms with Gasteiger partial charge in [-0.25, -0.2) is 9.79 Å². The third-order valence-electron chi connectivity index (χ3n) is 3.17. The molecule has 0 N–H and O–H groups in total. The fraction of sp³-hybridized carbons (Fsp3) is 0.0588. The van der Waals surface area contributed by atoms with Crippen LogP contribution in [0.4, 0.5) is 0 Å². The van der Waals surface area contributed by atoms with E-state index in [1.54, 1.807) is 24.3 Å². The summed E-state index contributed by atoms with van der Waals surface area (Å²) < 4.78 is 5.21. The van der Waals surface area contributed by atoms with Crippen LogP contribution < -0.4 is 0 Å². The zero-order chi connectivity index (χ0) is 15.7. The lowest BCUT2D eigenvalue weighted by molar-refractivity contribution is -0.129. The van der Waals surface area contributed by atoms with Crippen molar-refractivity contribution in [2.75, 3.05) is 0 Å². The SMILES string of the molecule is Cc1ccc(C2=N/C(=C\c3ccc(Cl)cc3Cl)C(=O)O2)cc1. The maximum Gasteiger partial charge on any atom is 0.363 e. The van der Waals surface area contributed by atoms with E-state index in [2.05, 4.69) is 4.99 Å². The van der Waals surface area contributed by atoms with Gasteiger partial charge in [0.1, 0.15) is 0 Å². The van der Waals surface area contributed by atoms with Gasteiger partial charge in [-0.1, -0.05) is 47.0 Å². The van der Waals surface area contributed by atoms with E-state index >= 15 is 0 Å². The van der Waals surface area contributed by atoms with Gasteiger partial charge in [0.25, 0.3) is 0 Å². The molecule has 2 aromatic rings. The van der Waals surface area contributed by atoms with Crippen LogP contribution in [0.3, 0.4) is 0 Å². The highest BCUT2D eigenvalue weighted by Gasteiger charge is 2.24. The lowest BCUT2D eigenvalue weighted by atomic mass is 10.1. The number of hydrogen-bond acceptors (Lipinski definition) is 3. The Bertz CT molecular complexity index is 808. The number of hydrogen-bond donors (Lipinski definition) is 0. The smallest absolute Gasteiger partial charge is 0.363 e. The number of aryl methyl sites for hydroxylation is 1. The first-order chi connectivity index (χ1) is 10.5. The second-order valence-electron chi connectivity index (χ2n) is 4.87. The first-order valence-corrected chi connectivity index (χ1v) is 7.33. The minimum Gasteiger partial charge on any atom is -0.402 e. The van der Waals surface area contributed by atoms with Gasteiger partial charge < -0.3 is 4.74 Å². The quantitative estimate of drug-likeness (QED) is 0.593. The number of cyclic esters (lactones) is 1. The summed E-state index contributed by atoms with van der Waals surface area (Å²) in [5, 5.41) is 0.983. The number of carbonyl (C=O) groups is 1. The summed E-state index contributed by atoms with van der Waals surface area (Å²) in [5.74, 6) is -0.206. The van der Waals surface area contributed by atoms with Crippen LogP contribution in [-0.4, -0.2) is 11.9 Å². The van der Waals surface area contributed by atoms with Crippen LogP contribution in [0.15, 0.2) is 53.2 Å². The first-order valence-electron chi connectivity index (χ1n) is 6.57. The minimum atomic E-state index is -0.499. The molecule has 1 aliphatic heterocycles. The highest BCUT2D eigenvalue weighted by molar-refractivity contribution is 6.35. The van der Waals surface area contributed by atoms with Crippen LogP contribution in [0.25, 0.3) is 6.08 Å². The van der Waals surface area contributed by atoms with Crippen LogP contribution in [0, 0.1) is 6.92 Å². The lowest BCUT2D eigenvalue weighted by Gasteiger charge is -1.99. The molecule has 0 saturated heterocycles. The van der Waals surface area contributed by atoms with Gasteiger partial charge in [-0.15, -0.1) is 0 Å². The number of carbonyl (C=O) groups excluding carboxylic acids is 1. The van der Waals surface area contributed by atoms with Gasteiger partial charge in [0.05, 0.1) is 0 Å². The molecule has 0 aromatic heterocycles.